The van der Waals surface area contributed by atoms with Crippen LogP contribution in [0.25, 0.3) is 0 Å². The van der Waals surface area contributed by atoms with Crippen molar-refractivity contribution < 1.29 is 9.47 Å². The van der Waals surface area contributed by atoms with Gasteiger partial charge in [0, 0.05) is 7.11 Å². The van der Waals surface area contributed by atoms with Crippen LogP contribution in [-0.4, -0.2) is 26.4 Å². The van der Waals surface area contributed by atoms with E-state index in [2.05, 4.69) is 34.6 Å². The lowest BCUT2D eigenvalue weighted by atomic mass is 9.79. The molecule has 0 aliphatic heterocycles. The van der Waals surface area contributed by atoms with Gasteiger partial charge in [0.05, 0.1) is 19.3 Å². The molecule has 2 nitrogen and oxygen atoms in total. The molecule has 0 saturated heterocycles. The lowest BCUT2D eigenvalue weighted by molar-refractivity contribution is -0.0254. The molecule has 0 saturated carbocycles. The molecule has 0 heterocycles. The molecule has 0 N–H and O–H groups in total. The summed E-state index contributed by atoms with van der Waals surface area (Å²) in [6.07, 6.45) is 0.301. The molecule has 0 aliphatic rings. The summed E-state index contributed by atoms with van der Waals surface area (Å²) in [6.45, 7) is 12.5. The van der Waals surface area contributed by atoms with E-state index in [1.807, 2.05) is 0 Å². The number of rotatable bonds is 5. The number of hydrogen-bond donors (Lipinski definition) is 0. The highest BCUT2D eigenvalue weighted by molar-refractivity contribution is 4.74. The predicted octanol–water partition coefficient (Wildman–Crippen LogP) is 2.72. The smallest absolute Gasteiger partial charge is 0.0704 e. The third kappa shape index (κ3) is 5.27. The maximum Gasteiger partial charge on any atom is 0.0704 e. The maximum absolute atomic E-state index is 5.65. The zero-order valence-electron chi connectivity index (χ0n) is 9.89. The van der Waals surface area contributed by atoms with Crippen LogP contribution in [0.4, 0.5) is 0 Å². The van der Waals surface area contributed by atoms with E-state index in [1.54, 1.807) is 7.11 Å². The normalized spacial score (nSPS) is 17.1. The fourth-order valence-corrected chi connectivity index (χ4v) is 1.17. The molecular weight excluding hydrogens is 164 g/mol. The molecule has 0 rings (SSSR count). The van der Waals surface area contributed by atoms with Crippen LogP contribution in [0, 0.1) is 11.3 Å². The van der Waals surface area contributed by atoms with Crippen LogP contribution in [0.15, 0.2) is 0 Å². The van der Waals surface area contributed by atoms with Gasteiger partial charge < -0.3 is 9.47 Å². The lowest BCUT2D eigenvalue weighted by Gasteiger charge is -2.32. The predicted molar refractivity (Wildman–Crippen MR) is 55.9 cm³/mol. The van der Waals surface area contributed by atoms with Crippen LogP contribution in [0.3, 0.4) is 0 Å². The third-order valence-corrected chi connectivity index (χ3v) is 2.74. The van der Waals surface area contributed by atoms with Gasteiger partial charge in [-0.05, 0) is 18.3 Å². The molecule has 2 atom stereocenters. The number of hydrogen-bond acceptors (Lipinski definition) is 2. The van der Waals surface area contributed by atoms with Crippen LogP contribution < -0.4 is 0 Å². The Hall–Kier alpha value is -0.0800. The molecule has 13 heavy (non-hydrogen) atoms. The van der Waals surface area contributed by atoms with Crippen LogP contribution >= 0.6 is 0 Å². The molecule has 2 heteroatoms. The van der Waals surface area contributed by atoms with E-state index in [1.165, 1.54) is 0 Å². The van der Waals surface area contributed by atoms with E-state index in [4.69, 9.17) is 9.47 Å². The van der Waals surface area contributed by atoms with Crippen molar-refractivity contribution >= 4 is 0 Å². The first-order chi connectivity index (χ1) is 5.89. The van der Waals surface area contributed by atoms with E-state index in [0.29, 0.717) is 30.7 Å². The van der Waals surface area contributed by atoms with Gasteiger partial charge in [0.15, 0.2) is 0 Å². The van der Waals surface area contributed by atoms with Crippen molar-refractivity contribution in [1.29, 1.82) is 0 Å². The fraction of sp³-hybridized carbons (Fsp3) is 1.00. The van der Waals surface area contributed by atoms with Crippen molar-refractivity contribution in [1.82, 2.24) is 0 Å². The minimum Gasteiger partial charge on any atom is -0.382 e. The maximum atomic E-state index is 5.65. The summed E-state index contributed by atoms with van der Waals surface area (Å²) in [4.78, 5) is 0. The van der Waals surface area contributed by atoms with Gasteiger partial charge in [-0.3, -0.25) is 0 Å². The molecule has 0 aromatic rings. The molecule has 0 radical (unpaired) electrons. The van der Waals surface area contributed by atoms with Crippen molar-refractivity contribution in [3.63, 3.8) is 0 Å². The summed E-state index contributed by atoms with van der Waals surface area (Å²) < 4.78 is 10.6. The summed E-state index contributed by atoms with van der Waals surface area (Å²) in [5.74, 6) is 0.560. The van der Waals surface area contributed by atoms with Crippen LogP contribution in [-0.2, 0) is 9.47 Å². The highest BCUT2D eigenvalue weighted by Gasteiger charge is 2.25. The fourth-order valence-electron chi connectivity index (χ4n) is 1.17. The highest BCUT2D eigenvalue weighted by Crippen LogP contribution is 2.29. The van der Waals surface area contributed by atoms with E-state index < -0.39 is 0 Å². The third-order valence-electron chi connectivity index (χ3n) is 2.74. The minimum absolute atomic E-state index is 0.301. The summed E-state index contributed by atoms with van der Waals surface area (Å²) >= 11 is 0. The van der Waals surface area contributed by atoms with Gasteiger partial charge >= 0.3 is 0 Å². The molecule has 0 spiro atoms. The SMILES string of the molecule is COCCO[C@@H](C)[C@H](C)C(C)(C)C. The quantitative estimate of drug-likeness (QED) is 0.618. The summed E-state index contributed by atoms with van der Waals surface area (Å²) in [5.41, 5.74) is 0.312. The van der Waals surface area contributed by atoms with Gasteiger partial charge in [-0.25, -0.2) is 0 Å². The molecule has 0 amide bonds. The first-order valence-corrected chi connectivity index (χ1v) is 5.00. The summed E-state index contributed by atoms with van der Waals surface area (Å²) in [6, 6.07) is 0. The van der Waals surface area contributed by atoms with Crippen molar-refractivity contribution in [2.75, 3.05) is 20.3 Å². The van der Waals surface area contributed by atoms with Gasteiger partial charge in [-0.15, -0.1) is 0 Å². The lowest BCUT2D eigenvalue weighted by Crippen LogP contribution is -2.30. The van der Waals surface area contributed by atoms with Crippen LogP contribution in [0.5, 0.6) is 0 Å². The first-order valence-electron chi connectivity index (χ1n) is 5.00. The Morgan fingerprint density at radius 3 is 2.00 bits per heavy atom. The zero-order valence-corrected chi connectivity index (χ0v) is 9.89. The Kier molecular flexibility index (Phi) is 5.57. The molecule has 0 aromatic carbocycles. The van der Waals surface area contributed by atoms with E-state index >= 15 is 0 Å². The topological polar surface area (TPSA) is 18.5 Å². The average molecular weight is 188 g/mol. The Balaban J connectivity index is 3.76. The molecular formula is C11H24O2. The average Bonchev–Trinajstić information content (AvgIpc) is 2.01. The standard InChI is InChI=1S/C11H24O2/c1-9(11(3,4)5)10(2)13-8-7-12-6/h9-10H,7-8H2,1-6H3/t9-,10-/m0/s1. The van der Waals surface area contributed by atoms with Gasteiger partial charge in [0.25, 0.3) is 0 Å². The molecule has 80 valence electrons. The van der Waals surface area contributed by atoms with Gasteiger partial charge in [0.2, 0.25) is 0 Å². The number of methoxy groups -OCH3 is 1. The second-order valence-corrected chi connectivity index (χ2v) is 4.72. The largest absolute Gasteiger partial charge is 0.382 e. The Morgan fingerprint density at radius 1 is 1.08 bits per heavy atom. The second kappa shape index (κ2) is 5.61. The van der Waals surface area contributed by atoms with E-state index in [9.17, 15) is 0 Å². The molecule has 0 aromatic heterocycles. The van der Waals surface area contributed by atoms with Crippen LogP contribution in [0.2, 0.25) is 0 Å². The molecule has 0 aliphatic carbocycles. The minimum atomic E-state index is 0.301. The zero-order chi connectivity index (χ0) is 10.5. The monoisotopic (exact) mass is 188 g/mol. The Morgan fingerprint density at radius 2 is 1.62 bits per heavy atom. The van der Waals surface area contributed by atoms with Crippen molar-refractivity contribution in [2.24, 2.45) is 11.3 Å². The Labute approximate surface area is 82.6 Å². The van der Waals surface area contributed by atoms with Gasteiger partial charge in [-0.1, -0.05) is 27.7 Å². The number of ether oxygens (including phenoxy) is 2. The molecule has 0 unspecified atom stereocenters. The van der Waals surface area contributed by atoms with E-state index in [0.717, 1.165) is 0 Å². The van der Waals surface area contributed by atoms with Gasteiger partial charge in [0.1, 0.15) is 0 Å². The Bertz CT molecular complexity index is 127. The molecule has 0 fully saturated rings. The van der Waals surface area contributed by atoms with Crippen molar-refractivity contribution in [3.05, 3.63) is 0 Å². The van der Waals surface area contributed by atoms with Gasteiger partial charge in [-0.2, -0.15) is 0 Å². The molecule has 0 bridgehead atoms. The van der Waals surface area contributed by atoms with Crippen LogP contribution in [0.1, 0.15) is 34.6 Å². The summed E-state index contributed by atoms with van der Waals surface area (Å²) in [5, 5.41) is 0. The van der Waals surface area contributed by atoms with Crippen molar-refractivity contribution in [2.45, 2.75) is 40.7 Å². The summed E-state index contributed by atoms with van der Waals surface area (Å²) in [7, 11) is 1.70. The first kappa shape index (κ1) is 12.9. The van der Waals surface area contributed by atoms with Crippen molar-refractivity contribution in [3.8, 4) is 0 Å². The second-order valence-electron chi connectivity index (χ2n) is 4.72. The van der Waals surface area contributed by atoms with E-state index in [-0.39, 0.29) is 0 Å². The highest BCUT2D eigenvalue weighted by atomic mass is 16.5.